The second kappa shape index (κ2) is 5.72. The molecule has 2 heterocycles. The normalized spacial score (nSPS) is 20.3. The molecule has 0 aromatic heterocycles. The van der Waals surface area contributed by atoms with Gasteiger partial charge in [-0.15, -0.1) is 0 Å². The van der Waals surface area contributed by atoms with Crippen LogP contribution >= 0.6 is 11.8 Å². The standard InChI is InChI=1S/C12H12N2S.ClHO4/c1-8-7-9(2)14-10-5-3-4-6-11(10)15-12(14)13-8;2-1(3,4)5/h3-8H,1-2H3;(H,2,3,4,5). The Morgan fingerprint density at radius 1 is 1.30 bits per heavy atom. The topological polar surface area (TPSA) is 105 Å². The number of fused-ring (bicyclic) bond motifs is 3. The number of nitrogens with zero attached hydrogens (tertiary/aromatic N) is 2. The van der Waals surface area contributed by atoms with Gasteiger partial charge in [-0.05, 0) is 43.8 Å². The number of thioether (sulfide) groups is 1. The second-order valence-electron chi connectivity index (χ2n) is 4.26. The van der Waals surface area contributed by atoms with Crippen LogP contribution < -0.4 is 18.9 Å². The zero-order chi connectivity index (χ0) is 14.9. The quantitative estimate of drug-likeness (QED) is 0.667. The van der Waals surface area contributed by atoms with Gasteiger partial charge in [0.05, 0.1) is 26.6 Å². The number of benzene rings is 1. The van der Waals surface area contributed by atoms with E-state index in [1.165, 1.54) is 16.3 Å². The van der Waals surface area contributed by atoms with Gasteiger partial charge in [0, 0.05) is 10.6 Å². The summed E-state index contributed by atoms with van der Waals surface area (Å²) in [5.41, 5.74) is 2.55. The predicted octanol–water partition coefficient (Wildman–Crippen LogP) is -0.863. The minimum absolute atomic E-state index is 0.304. The number of aliphatic imine (C=N–C) groups is 1. The largest absolute Gasteiger partial charge is 0.293 e. The van der Waals surface area contributed by atoms with E-state index < -0.39 is 10.2 Å². The lowest BCUT2D eigenvalue weighted by molar-refractivity contribution is -1.92. The highest BCUT2D eigenvalue weighted by atomic mass is 35.7. The molecule has 0 saturated carbocycles. The molecule has 1 aromatic rings. The molecule has 1 N–H and O–H groups in total. The van der Waals surface area contributed by atoms with Crippen LogP contribution in [0, 0.1) is 10.2 Å². The fourth-order valence-corrected chi connectivity index (χ4v) is 3.20. The van der Waals surface area contributed by atoms with Crippen LogP contribution in [0.3, 0.4) is 0 Å². The summed E-state index contributed by atoms with van der Waals surface area (Å²) in [6.07, 6.45) is 2.20. The maximum Gasteiger partial charge on any atom is 0.173 e. The van der Waals surface area contributed by atoms with Crippen molar-refractivity contribution >= 4 is 22.6 Å². The number of halogens is 1. The summed E-state index contributed by atoms with van der Waals surface area (Å²) in [5.74, 6) is 0. The van der Waals surface area contributed by atoms with Crippen molar-refractivity contribution in [3.63, 3.8) is 0 Å². The van der Waals surface area contributed by atoms with E-state index in [2.05, 4.69) is 54.1 Å². The van der Waals surface area contributed by atoms with Crippen molar-refractivity contribution in [2.24, 2.45) is 4.99 Å². The molecule has 0 saturated heterocycles. The van der Waals surface area contributed by atoms with Crippen LogP contribution in [0.5, 0.6) is 0 Å². The van der Waals surface area contributed by atoms with E-state index in [1.807, 2.05) is 0 Å². The molecule has 2 aliphatic heterocycles. The van der Waals surface area contributed by atoms with Gasteiger partial charge in [-0.1, -0.05) is 12.1 Å². The highest BCUT2D eigenvalue weighted by Crippen LogP contribution is 2.43. The molecule has 1 atom stereocenters. The van der Waals surface area contributed by atoms with Crippen molar-refractivity contribution in [3.8, 4) is 0 Å². The minimum atomic E-state index is -4.69. The first-order chi connectivity index (χ1) is 9.25. The monoisotopic (exact) mass is 316 g/mol. The number of allylic oxidation sites excluding steroid dienone is 1. The highest BCUT2D eigenvalue weighted by molar-refractivity contribution is 8.14. The van der Waals surface area contributed by atoms with Gasteiger partial charge in [0.2, 0.25) is 0 Å². The van der Waals surface area contributed by atoms with Crippen LogP contribution in [0.1, 0.15) is 13.8 Å². The predicted molar refractivity (Wildman–Crippen MR) is 67.7 cm³/mol. The summed E-state index contributed by atoms with van der Waals surface area (Å²) in [6.45, 7) is 4.27. The average molecular weight is 317 g/mol. The summed E-state index contributed by atoms with van der Waals surface area (Å²) < 4.78 is 32.7. The number of para-hydroxylation sites is 1. The summed E-state index contributed by atoms with van der Waals surface area (Å²) in [7, 11) is -4.69. The molecule has 0 aliphatic carbocycles. The molecule has 3 rings (SSSR count). The molecule has 0 bridgehead atoms. The zero-order valence-corrected chi connectivity index (χ0v) is 12.4. The van der Waals surface area contributed by atoms with Crippen molar-refractivity contribution in [3.05, 3.63) is 36.0 Å². The molecular formula is C12H13ClN2O4S. The summed E-state index contributed by atoms with van der Waals surface area (Å²) in [4.78, 5) is 8.18. The Balaban J connectivity index is 0.000000257. The van der Waals surface area contributed by atoms with Gasteiger partial charge in [0.1, 0.15) is 0 Å². The Morgan fingerprint density at radius 2 is 1.90 bits per heavy atom. The van der Waals surface area contributed by atoms with Crippen molar-refractivity contribution < 1.29 is 28.9 Å². The van der Waals surface area contributed by atoms with E-state index in [1.54, 1.807) is 11.8 Å². The number of rotatable bonds is 0. The third-order valence-corrected chi connectivity index (χ3v) is 3.68. The van der Waals surface area contributed by atoms with Crippen LogP contribution in [-0.4, -0.2) is 15.9 Å². The zero-order valence-electron chi connectivity index (χ0n) is 10.8. The van der Waals surface area contributed by atoms with Gasteiger partial charge in [0.15, 0.2) is 5.17 Å². The Hall–Kier alpha value is -1.09. The summed E-state index contributed by atoms with van der Waals surface area (Å²) in [6, 6.07) is 8.76. The van der Waals surface area contributed by atoms with Gasteiger partial charge in [0.25, 0.3) is 0 Å². The third kappa shape index (κ3) is 3.72. The molecule has 6 nitrogen and oxygen atoms in total. The lowest BCUT2D eigenvalue weighted by Gasteiger charge is -2.25. The van der Waals surface area contributed by atoms with Gasteiger partial charge < -0.3 is 0 Å². The molecule has 108 valence electrons. The molecular weight excluding hydrogens is 304 g/mol. The van der Waals surface area contributed by atoms with Crippen molar-refractivity contribution in [2.45, 2.75) is 24.8 Å². The first-order valence-electron chi connectivity index (χ1n) is 5.72. The van der Waals surface area contributed by atoms with Gasteiger partial charge in [-0.25, -0.2) is 0 Å². The number of amidine groups is 1. The van der Waals surface area contributed by atoms with E-state index in [4.69, 9.17) is 18.6 Å². The Morgan fingerprint density at radius 3 is 2.55 bits per heavy atom. The third-order valence-electron chi connectivity index (χ3n) is 2.65. The SMILES string of the molecule is CC1=CC(C)N=C2Sc3ccccc3N12.[O-][Cl+3]([O-])([O-])O. The molecule has 0 amide bonds. The molecule has 0 fully saturated rings. The molecule has 20 heavy (non-hydrogen) atoms. The second-order valence-corrected chi connectivity index (χ2v) is 6.06. The van der Waals surface area contributed by atoms with E-state index in [-0.39, 0.29) is 0 Å². The van der Waals surface area contributed by atoms with Crippen LogP contribution in [0.15, 0.2) is 45.9 Å². The molecule has 8 heteroatoms. The summed E-state index contributed by atoms with van der Waals surface area (Å²) in [5, 5.41) is 1.11. The van der Waals surface area contributed by atoms with Crippen LogP contribution in [0.25, 0.3) is 0 Å². The number of hydrogen-bond donors (Lipinski definition) is 1. The van der Waals surface area contributed by atoms with E-state index in [0.29, 0.717) is 6.04 Å². The number of anilines is 1. The summed E-state index contributed by atoms with van der Waals surface area (Å²) >= 11 is 1.76. The van der Waals surface area contributed by atoms with Crippen molar-refractivity contribution in [1.29, 1.82) is 0 Å². The Labute approximate surface area is 122 Å². The average Bonchev–Trinajstić information content (AvgIpc) is 2.64. The van der Waals surface area contributed by atoms with E-state index >= 15 is 0 Å². The van der Waals surface area contributed by atoms with Crippen molar-refractivity contribution in [2.75, 3.05) is 4.90 Å². The maximum absolute atomic E-state index is 8.60. The van der Waals surface area contributed by atoms with Gasteiger partial charge in [-0.3, -0.25) is 9.89 Å². The Kier molecular flexibility index (Phi) is 4.38. The minimum Gasteiger partial charge on any atom is -0.293 e. The van der Waals surface area contributed by atoms with Crippen LogP contribution in [-0.2, 0) is 0 Å². The van der Waals surface area contributed by atoms with Crippen molar-refractivity contribution in [1.82, 2.24) is 0 Å². The smallest absolute Gasteiger partial charge is 0.173 e. The molecule has 1 unspecified atom stereocenters. The fourth-order valence-electron chi connectivity index (χ4n) is 2.04. The first kappa shape index (κ1) is 15.3. The van der Waals surface area contributed by atoms with Crippen LogP contribution in [0.2, 0.25) is 0 Å². The van der Waals surface area contributed by atoms with Gasteiger partial charge in [-0.2, -0.15) is 14.0 Å². The lowest BCUT2D eigenvalue weighted by atomic mass is 10.2. The van der Waals surface area contributed by atoms with E-state index in [9.17, 15) is 0 Å². The van der Waals surface area contributed by atoms with Crippen LogP contribution in [0.4, 0.5) is 5.69 Å². The van der Waals surface area contributed by atoms with E-state index in [0.717, 1.165) is 5.17 Å². The Bertz CT molecular complexity index is 565. The molecule has 0 spiro atoms. The molecule has 2 aliphatic rings. The molecule has 1 aromatic carbocycles. The molecule has 0 radical (unpaired) electrons. The maximum atomic E-state index is 8.60. The number of hydrogen-bond acceptors (Lipinski definition) is 7. The highest BCUT2D eigenvalue weighted by Gasteiger charge is 2.29. The van der Waals surface area contributed by atoms with Gasteiger partial charge >= 0.3 is 0 Å². The fraction of sp³-hybridized carbons (Fsp3) is 0.250. The first-order valence-corrected chi connectivity index (χ1v) is 7.80. The lowest BCUT2D eigenvalue weighted by Crippen LogP contribution is -2.58.